The van der Waals surface area contributed by atoms with Crippen LogP contribution in [0.15, 0.2) is 43.6 Å². The molecule has 4 aliphatic heterocycles. The fraction of sp³-hybridized carbons (Fsp3) is 0.500. The topological polar surface area (TPSA) is 95.5 Å². The monoisotopic (exact) mass is 663 g/mol. The molecule has 1 atom stereocenters. The number of anilines is 1. The van der Waals surface area contributed by atoms with Crippen LogP contribution < -0.4 is 20.3 Å². The highest BCUT2D eigenvalue weighted by Gasteiger charge is 2.45. The van der Waals surface area contributed by atoms with Crippen molar-refractivity contribution in [3.8, 4) is 6.01 Å². The molecule has 7 rings (SSSR count). The van der Waals surface area contributed by atoms with Gasteiger partial charge in [-0.2, -0.15) is 9.97 Å². The Hall–Kier alpha value is -3.76. The number of hydrogen-bond donors (Lipinski definition) is 2. The zero-order valence-electron chi connectivity index (χ0n) is 28.1. The predicted octanol–water partition coefficient (Wildman–Crippen LogP) is 7.06. The zero-order valence-corrected chi connectivity index (χ0v) is 28.9. The van der Waals surface area contributed by atoms with E-state index in [9.17, 15) is 4.79 Å². The summed E-state index contributed by atoms with van der Waals surface area (Å²) in [6, 6.07) is 5.50. The van der Waals surface area contributed by atoms with Gasteiger partial charge < -0.3 is 20.3 Å². The number of nitrogens with one attached hydrogen (secondary N) is 2. The van der Waals surface area contributed by atoms with Gasteiger partial charge in [0.2, 0.25) is 0 Å². The standard InChI is InChI=1S/C31H35ClFN7O2.C3H6.C2H6/c1-19-7-3-8-22(32)23(19)20(2)25-24(33)26-21(15-34-25)27(39-12-4-9-30(17-39)16-35-28(41)38-30)37-29(36-26)42-18-31-10-5-13-40(31)14-6-11-31;1-3-2;1-2/h3,7-8,15H,2,4-6,9-14,16-18H2,1H3,(H2,35,38,41);3H,1H2,2H3;1-2H3. The quantitative estimate of drug-likeness (QED) is 0.273. The van der Waals surface area contributed by atoms with Gasteiger partial charge in [-0.3, -0.25) is 9.88 Å². The van der Waals surface area contributed by atoms with E-state index in [2.05, 4.69) is 43.6 Å². The molecule has 0 radical (unpaired) electrons. The number of aryl methyl sites for hydroxylation is 1. The lowest BCUT2D eigenvalue weighted by Crippen LogP contribution is -2.56. The summed E-state index contributed by atoms with van der Waals surface area (Å²) in [5, 5.41) is 6.96. The number of piperidine rings is 1. The van der Waals surface area contributed by atoms with Crippen LogP contribution in [0.4, 0.5) is 15.0 Å². The molecule has 47 heavy (non-hydrogen) atoms. The van der Waals surface area contributed by atoms with Gasteiger partial charge in [0.05, 0.1) is 16.5 Å². The molecule has 0 aliphatic carbocycles. The number of halogens is 2. The Labute approximate surface area is 282 Å². The Kier molecular flexibility index (Phi) is 10.7. The molecule has 3 aromatic rings. The maximum atomic E-state index is 16.5. The van der Waals surface area contributed by atoms with Crippen molar-refractivity contribution in [3.63, 3.8) is 0 Å². The second-order valence-corrected chi connectivity index (χ2v) is 13.1. The van der Waals surface area contributed by atoms with Gasteiger partial charge >= 0.3 is 12.0 Å². The van der Waals surface area contributed by atoms with Crippen LogP contribution in [0.25, 0.3) is 16.5 Å². The number of pyridine rings is 1. The predicted molar refractivity (Wildman–Crippen MR) is 188 cm³/mol. The first-order chi connectivity index (χ1) is 22.7. The summed E-state index contributed by atoms with van der Waals surface area (Å²) in [5.41, 5.74) is 1.72. The number of carbonyl (C=O) groups is 1. The number of aromatic nitrogens is 3. The van der Waals surface area contributed by atoms with E-state index in [0.717, 1.165) is 57.2 Å². The molecule has 2 aromatic heterocycles. The molecule has 4 fully saturated rings. The largest absolute Gasteiger partial charge is 0.461 e. The third-order valence-electron chi connectivity index (χ3n) is 9.58. The highest BCUT2D eigenvalue weighted by molar-refractivity contribution is 6.32. The van der Waals surface area contributed by atoms with Crippen LogP contribution >= 0.6 is 11.6 Å². The summed E-state index contributed by atoms with van der Waals surface area (Å²) in [7, 11) is 0. The number of fused-ring (bicyclic) bond motifs is 2. The van der Waals surface area contributed by atoms with E-state index < -0.39 is 11.4 Å². The van der Waals surface area contributed by atoms with Crippen LogP contribution in [-0.4, -0.2) is 76.3 Å². The minimum Gasteiger partial charge on any atom is -0.461 e. The van der Waals surface area contributed by atoms with Crippen molar-refractivity contribution in [2.24, 2.45) is 0 Å². The van der Waals surface area contributed by atoms with Crippen LogP contribution in [0.5, 0.6) is 6.01 Å². The van der Waals surface area contributed by atoms with Gasteiger partial charge in [-0.1, -0.05) is 50.2 Å². The molecule has 1 unspecified atom stereocenters. The lowest BCUT2D eigenvalue weighted by Gasteiger charge is -2.40. The van der Waals surface area contributed by atoms with Crippen LogP contribution in [0.1, 0.15) is 76.1 Å². The molecule has 2 amide bonds. The zero-order chi connectivity index (χ0) is 33.8. The Morgan fingerprint density at radius 3 is 2.51 bits per heavy atom. The van der Waals surface area contributed by atoms with E-state index in [1.165, 1.54) is 0 Å². The minimum atomic E-state index is -0.589. The maximum absolute atomic E-state index is 16.5. The SMILES string of the molecule is C=C(c1ncc2c(N3CCCC4(CNC(=O)N4)C3)nc(OCC34CCCN3CCC4)nc2c1F)c1c(C)cccc1Cl.C=CC.CC. The highest BCUT2D eigenvalue weighted by atomic mass is 35.5. The number of urea groups is 1. The van der Waals surface area contributed by atoms with Crippen LogP contribution in [0.2, 0.25) is 5.02 Å². The Bertz CT molecular complexity index is 1620. The second-order valence-electron chi connectivity index (χ2n) is 12.7. The normalized spacial score (nSPS) is 21.2. The summed E-state index contributed by atoms with van der Waals surface area (Å²) in [6.07, 6.45) is 9.51. The lowest BCUT2D eigenvalue weighted by atomic mass is 9.90. The van der Waals surface area contributed by atoms with Crippen molar-refractivity contribution in [1.82, 2.24) is 30.5 Å². The Morgan fingerprint density at radius 1 is 1.15 bits per heavy atom. The summed E-state index contributed by atoms with van der Waals surface area (Å²) >= 11 is 6.51. The van der Waals surface area contributed by atoms with E-state index in [1.807, 2.05) is 39.8 Å². The van der Waals surface area contributed by atoms with Gasteiger partial charge in [0, 0.05) is 42.0 Å². The average molecular weight is 664 g/mol. The molecule has 2 N–H and O–H groups in total. The van der Waals surface area contributed by atoms with E-state index in [0.29, 0.717) is 53.6 Å². The molecular weight excluding hydrogens is 617 g/mol. The Morgan fingerprint density at radius 2 is 1.85 bits per heavy atom. The second kappa shape index (κ2) is 14.6. The maximum Gasteiger partial charge on any atom is 0.319 e. The number of nitrogens with zero attached hydrogens (tertiary/aromatic N) is 5. The van der Waals surface area contributed by atoms with E-state index in [1.54, 1.807) is 18.3 Å². The smallest absolute Gasteiger partial charge is 0.319 e. The molecule has 252 valence electrons. The molecule has 4 aliphatic rings. The number of benzene rings is 1. The third kappa shape index (κ3) is 6.81. The minimum absolute atomic E-state index is 0.00865. The first kappa shape index (κ1) is 34.6. The number of ether oxygens (including phenoxy) is 1. The van der Waals surface area contributed by atoms with Gasteiger partial charge in [0.25, 0.3) is 0 Å². The van der Waals surface area contributed by atoms with Crippen LogP contribution in [0, 0.1) is 12.7 Å². The van der Waals surface area contributed by atoms with Gasteiger partial charge in [0.1, 0.15) is 23.6 Å². The highest BCUT2D eigenvalue weighted by Crippen LogP contribution is 2.40. The van der Waals surface area contributed by atoms with Gasteiger partial charge in [0.15, 0.2) is 5.82 Å². The molecule has 4 saturated heterocycles. The fourth-order valence-electron chi connectivity index (χ4n) is 7.47. The van der Waals surface area contributed by atoms with Crippen LogP contribution in [0.3, 0.4) is 0 Å². The van der Waals surface area contributed by atoms with E-state index >= 15 is 4.39 Å². The first-order valence-corrected chi connectivity index (χ1v) is 17.1. The average Bonchev–Trinajstić information content (AvgIpc) is 3.75. The van der Waals surface area contributed by atoms with Crippen molar-refractivity contribution >= 4 is 39.9 Å². The molecular formula is C36H47ClFN7O2. The number of allylic oxidation sites excluding steroid dienone is 1. The molecule has 6 heterocycles. The lowest BCUT2D eigenvalue weighted by molar-refractivity contribution is 0.108. The van der Waals surface area contributed by atoms with E-state index in [-0.39, 0.29) is 28.8 Å². The van der Waals surface area contributed by atoms with Gasteiger partial charge in [-0.25, -0.2) is 9.18 Å². The van der Waals surface area contributed by atoms with E-state index in [4.69, 9.17) is 21.3 Å². The van der Waals surface area contributed by atoms with Crippen molar-refractivity contribution in [3.05, 3.63) is 71.3 Å². The molecule has 0 bridgehead atoms. The first-order valence-electron chi connectivity index (χ1n) is 16.8. The van der Waals surface area contributed by atoms with Crippen molar-refractivity contribution in [1.29, 1.82) is 0 Å². The third-order valence-corrected chi connectivity index (χ3v) is 9.89. The summed E-state index contributed by atoms with van der Waals surface area (Å²) in [6.45, 7) is 19.7. The number of rotatable bonds is 6. The molecule has 1 aromatic carbocycles. The number of carbonyl (C=O) groups excluding carboxylic acids is 1. The fourth-order valence-corrected chi connectivity index (χ4v) is 7.80. The van der Waals surface area contributed by atoms with Crippen molar-refractivity contribution in [2.75, 3.05) is 44.2 Å². The van der Waals surface area contributed by atoms with Crippen molar-refractivity contribution < 1.29 is 13.9 Å². The number of amides is 2. The van der Waals surface area contributed by atoms with Crippen molar-refractivity contribution in [2.45, 2.75) is 77.3 Å². The van der Waals surface area contributed by atoms with Gasteiger partial charge in [-0.05, 0) is 77.1 Å². The number of hydrogen-bond acceptors (Lipinski definition) is 7. The summed E-state index contributed by atoms with van der Waals surface area (Å²) in [4.78, 5) is 30.7. The molecule has 9 nitrogen and oxygen atoms in total. The van der Waals surface area contributed by atoms with Gasteiger partial charge in [-0.15, -0.1) is 6.58 Å². The summed E-state index contributed by atoms with van der Waals surface area (Å²) < 4.78 is 22.8. The molecule has 0 saturated carbocycles. The van der Waals surface area contributed by atoms with Crippen LogP contribution in [-0.2, 0) is 0 Å². The summed E-state index contributed by atoms with van der Waals surface area (Å²) in [5.74, 6) is -0.0330. The molecule has 1 spiro atoms. The molecule has 11 heteroatoms. The Balaban J connectivity index is 0.000000822.